The molecule has 0 unspecified atom stereocenters. The topological polar surface area (TPSA) is 56.8 Å². The van der Waals surface area contributed by atoms with Crippen molar-refractivity contribution < 1.29 is 19.0 Å². The Morgan fingerprint density at radius 1 is 1.26 bits per heavy atom. The highest BCUT2D eigenvalue weighted by Gasteiger charge is 2.15. The average Bonchev–Trinajstić information content (AvgIpc) is 2.92. The normalized spacial score (nSPS) is 13.3. The number of fused-ring (bicyclic) bond motifs is 1. The van der Waals surface area contributed by atoms with Crippen molar-refractivity contribution in [2.24, 2.45) is 0 Å². The highest BCUT2D eigenvalue weighted by molar-refractivity contribution is 6.32. The van der Waals surface area contributed by atoms with E-state index in [4.69, 9.17) is 25.8 Å². The second-order valence-electron chi connectivity index (χ2n) is 5.98. The van der Waals surface area contributed by atoms with Crippen molar-refractivity contribution in [2.75, 3.05) is 19.8 Å². The molecule has 0 saturated heterocycles. The minimum atomic E-state index is -0.204. The van der Waals surface area contributed by atoms with Crippen LogP contribution in [0.4, 0.5) is 0 Å². The monoisotopic (exact) mass is 387 g/mol. The van der Waals surface area contributed by atoms with Crippen LogP contribution in [-0.2, 0) is 11.3 Å². The second-order valence-corrected chi connectivity index (χ2v) is 6.38. The second kappa shape index (κ2) is 9.33. The molecule has 1 aliphatic heterocycles. The van der Waals surface area contributed by atoms with Crippen LogP contribution >= 0.6 is 11.6 Å². The lowest BCUT2D eigenvalue weighted by Crippen LogP contribution is -2.20. The molecule has 27 heavy (non-hydrogen) atoms. The van der Waals surface area contributed by atoms with Gasteiger partial charge in [0.15, 0.2) is 11.5 Å². The Hall–Kier alpha value is -2.66. The maximum atomic E-state index is 12.2. The Kier molecular flexibility index (Phi) is 6.60. The smallest absolute Gasteiger partial charge is 0.244 e. The molecule has 0 aliphatic carbocycles. The summed E-state index contributed by atoms with van der Waals surface area (Å²) in [6, 6.07) is 11.2. The van der Waals surface area contributed by atoms with Crippen molar-refractivity contribution in [3.8, 4) is 17.2 Å². The van der Waals surface area contributed by atoms with Gasteiger partial charge in [0.1, 0.15) is 5.75 Å². The van der Waals surface area contributed by atoms with E-state index in [0.29, 0.717) is 42.9 Å². The fourth-order valence-electron chi connectivity index (χ4n) is 2.70. The fourth-order valence-corrected chi connectivity index (χ4v) is 2.99. The first-order chi connectivity index (χ1) is 13.2. The highest BCUT2D eigenvalue weighted by atomic mass is 35.5. The highest BCUT2D eigenvalue weighted by Crippen LogP contribution is 2.37. The van der Waals surface area contributed by atoms with Gasteiger partial charge in [0, 0.05) is 24.6 Å². The zero-order valence-corrected chi connectivity index (χ0v) is 15.9. The third kappa shape index (κ3) is 5.17. The Morgan fingerprint density at radius 3 is 2.93 bits per heavy atom. The fraction of sp³-hybridized carbons (Fsp3) is 0.286. The van der Waals surface area contributed by atoms with E-state index in [2.05, 4.69) is 5.32 Å². The summed E-state index contributed by atoms with van der Waals surface area (Å²) in [7, 11) is 0. The largest absolute Gasteiger partial charge is 0.493 e. The quantitative estimate of drug-likeness (QED) is 0.753. The molecular formula is C21H22ClNO4. The van der Waals surface area contributed by atoms with Crippen LogP contribution in [0.2, 0.25) is 5.02 Å². The number of halogens is 1. The van der Waals surface area contributed by atoms with Gasteiger partial charge in [-0.25, -0.2) is 0 Å². The van der Waals surface area contributed by atoms with Crippen molar-refractivity contribution in [1.29, 1.82) is 0 Å². The molecule has 0 spiro atoms. The number of benzene rings is 2. The van der Waals surface area contributed by atoms with Gasteiger partial charge in [0.2, 0.25) is 5.91 Å². The molecule has 3 rings (SSSR count). The minimum Gasteiger partial charge on any atom is -0.493 e. The molecule has 1 aliphatic rings. The third-order valence-electron chi connectivity index (χ3n) is 3.96. The molecule has 1 heterocycles. The van der Waals surface area contributed by atoms with E-state index in [1.54, 1.807) is 12.1 Å². The first kappa shape index (κ1) is 19.1. The van der Waals surface area contributed by atoms with Crippen LogP contribution in [0.15, 0.2) is 42.5 Å². The minimum absolute atomic E-state index is 0.204. The zero-order chi connectivity index (χ0) is 19.1. The van der Waals surface area contributed by atoms with Crippen LogP contribution in [0.25, 0.3) is 6.08 Å². The van der Waals surface area contributed by atoms with Crippen LogP contribution < -0.4 is 19.5 Å². The Morgan fingerprint density at radius 2 is 2.07 bits per heavy atom. The number of hydrogen-bond acceptors (Lipinski definition) is 4. The van der Waals surface area contributed by atoms with Gasteiger partial charge in [-0.15, -0.1) is 0 Å². The third-order valence-corrected chi connectivity index (χ3v) is 4.24. The van der Waals surface area contributed by atoms with Gasteiger partial charge in [-0.05, 0) is 36.8 Å². The lowest BCUT2D eigenvalue weighted by atomic mass is 10.1. The summed E-state index contributed by atoms with van der Waals surface area (Å²) in [4.78, 5) is 12.2. The van der Waals surface area contributed by atoms with E-state index in [-0.39, 0.29) is 5.91 Å². The first-order valence-electron chi connectivity index (χ1n) is 8.93. The summed E-state index contributed by atoms with van der Waals surface area (Å²) in [6.07, 6.45) is 4.04. The van der Waals surface area contributed by atoms with E-state index in [1.165, 1.54) is 6.08 Å². The van der Waals surface area contributed by atoms with E-state index >= 15 is 0 Å². The van der Waals surface area contributed by atoms with Gasteiger partial charge in [-0.3, -0.25) is 4.79 Å². The summed E-state index contributed by atoms with van der Waals surface area (Å²) in [5.74, 6) is 1.73. The zero-order valence-electron chi connectivity index (χ0n) is 15.2. The summed E-state index contributed by atoms with van der Waals surface area (Å²) >= 11 is 6.28. The molecule has 142 valence electrons. The molecule has 0 saturated carbocycles. The van der Waals surface area contributed by atoms with Gasteiger partial charge in [-0.2, -0.15) is 0 Å². The predicted octanol–water partition coefficient (Wildman–Crippen LogP) is 4.23. The van der Waals surface area contributed by atoms with Crippen LogP contribution in [-0.4, -0.2) is 25.7 Å². The van der Waals surface area contributed by atoms with Crippen molar-refractivity contribution in [3.05, 3.63) is 58.6 Å². The van der Waals surface area contributed by atoms with Gasteiger partial charge in [0.25, 0.3) is 0 Å². The Bertz CT molecular complexity index is 835. The van der Waals surface area contributed by atoms with Gasteiger partial charge in [-0.1, -0.05) is 29.8 Å². The Labute approximate surface area is 163 Å². The summed E-state index contributed by atoms with van der Waals surface area (Å²) in [6.45, 7) is 4.00. The number of carbonyl (C=O) groups is 1. The van der Waals surface area contributed by atoms with Crippen molar-refractivity contribution >= 4 is 23.6 Å². The molecule has 6 heteroatoms. The molecule has 2 aromatic rings. The van der Waals surface area contributed by atoms with Crippen LogP contribution in [0.5, 0.6) is 17.2 Å². The number of amides is 1. The van der Waals surface area contributed by atoms with E-state index in [1.807, 2.05) is 37.3 Å². The number of ether oxygens (including phenoxy) is 3. The summed E-state index contributed by atoms with van der Waals surface area (Å²) in [5, 5.41) is 3.33. The molecule has 0 radical (unpaired) electrons. The molecule has 1 N–H and O–H groups in total. The van der Waals surface area contributed by atoms with E-state index in [0.717, 1.165) is 23.3 Å². The molecular weight excluding hydrogens is 366 g/mol. The predicted molar refractivity (Wildman–Crippen MR) is 106 cm³/mol. The number of nitrogens with one attached hydrogen (secondary N) is 1. The maximum Gasteiger partial charge on any atom is 0.244 e. The molecule has 2 aromatic carbocycles. The molecule has 0 bridgehead atoms. The van der Waals surface area contributed by atoms with Crippen LogP contribution in [0.3, 0.4) is 0 Å². The number of carbonyl (C=O) groups excluding carboxylic acids is 1. The summed E-state index contributed by atoms with van der Waals surface area (Å²) < 4.78 is 16.8. The SMILES string of the molecule is CCOc1ccccc1/C=C/C(=O)NCc1cc(Cl)c2c(c1)OCCCO2. The average molecular weight is 388 g/mol. The van der Waals surface area contributed by atoms with Crippen molar-refractivity contribution in [2.45, 2.75) is 19.9 Å². The molecule has 0 aromatic heterocycles. The number of para-hydroxylation sites is 1. The standard InChI is InChI=1S/C21H22ClNO4/c1-2-25-18-7-4-3-6-16(18)8-9-20(24)23-14-15-12-17(22)21-19(13-15)26-10-5-11-27-21/h3-4,6-9,12-13H,2,5,10-11,14H2,1H3,(H,23,24)/b9-8+. The lowest BCUT2D eigenvalue weighted by Gasteiger charge is -2.11. The molecule has 0 atom stereocenters. The van der Waals surface area contributed by atoms with Crippen molar-refractivity contribution in [3.63, 3.8) is 0 Å². The Balaban J connectivity index is 1.63. The van der Waals surface area contributed by atoms with Gasteiger partial charge >= 0.3 is 0 Å². The maximum absolute atomic E-state index is 12.2. The van der Waals surface area contributed by atoms with Gasteiger partial charge in [0.05, 0.1) is 24.8 Å². The van der Waals surface area contributed by atoms with E-state index < -0.39 is 0 Å². The van der Waals surface area contributed by atoms with Crippen LogP contribution in [0, 0.1) is 0 Å². The van der Waals surface area contributed by atoms with Crippen LogP contribution in [0.1, 0.15) is 24.5 Å². The molecule has 1 amide bonds. The van der Waals surface area contributed by atoms with Gasteiger partial charge < -0.3 is 19.5 Å². The lowest BCUT2D eigenvalue weighted by molar-refractivity contribution is -0.116. The van der Waals surface area contributed by atoms with Crippen molar-refractivity contribution in [1.82, 2.24) is 5.32 Å². The van der Waals surface area contributed by atoms with E-state index in [9.17, 15) is 4.79 Å². The number of hydrogen-bond donors (Lipinski definition) is 1. The number of rotatable bonds is 6. The molecule has 0 fully saturated rings. The first-order valence-corrected chi connectivity index (χ1v) is 9.31. The molecule has 5 nitrogen and oxygen atoms in total. The summed E-state index contributed by atoms with van der Waals surface area (Å²) in [5.41, 5.74) is 1.70.